The van der Waals surface area contributed by atoms with Crippen LogP contribution < -0.4 is 0 Å². The van der Waals surface area contributed by atoms with Crippen molar-refractivity contribution in [3.8, 4) is 0 Å². The number of halogens is 1. The highest BCUT2D eigenvalue weighted by atomic mass is 79.9. The van der Waals surface area contributed by atoms with Crippen LogP contribution in [0.3, 0.4) is 0 Å². The minimum Gasteiger partial charge on any atom is -0.381 e. The van der Waals surface area contributed by atoms with Crippen molar-refractivity contribution >= 4 is 15.9 Å². The Morgan fingerprint density at radius 3 is 2.83 bits per heavy atom. The average Bonchev–Trinajstić information content (AvgIpc) is 2.53. The molecule has 1 aliphatic heterocycles. The molecule has 66 valence electrons. The molecule has 12 heavy (non-hydrogen) atoms. The number of rotatable bonds is 1. The Balaban J connectivity index is 2.13. The van der Waals surface area contributed by atoms with Gasteiger partial charge < -0.3 is 4.74 Å². The lowest BCUT2D eigenvalue weighted by Crippen LogP contribution is -2.14. The fourth-order valence-electron chi connectivity index (χ4n) is 1.55. The Labute approximate surface area is 79.6 Å². The second kappa shape index (κ2) is 3.58. The second-order valence-corrected chi connectivity index (χ2v) is 3.87. The van der Waals surface area contributed by atoms with Gasteiger partial charge in [0.15, 0.2) is 0 Å². The Hall–Kier alpha value is -0.350. The van der Waals surface area contributed by atoms with Crippen molar-refractivity contribution in [2.24, 2.45) is 0 Å². The van der Waals surface area contributed by atoms with Crippen molar-refractivity contribution in [2.45, 2.75) is 18.8 Å². The van der Waals surface area contributed by atoms with Gasteiger partial charge in [0.25, 0.3) is 0 Å². The minimum absolute atomic E-state index is 0.593. The van der Waals surface area contributed by atoms with Crippen molar-refractivity contribution < 1.29 is 4.74 Å². The van der Waals surface area contributed by atoms with Gasteiger partial charge in [0.2, 0.25) is 0 Å². The molecule has 0 spiro atoms. The molecule has 0 bridgehead atoms. The average molecular weight is 231 g/mol. The zero-order chi connectivity index (χ0) is 8.39. The molecule has 1 aromatic heterocycles. The van der Waals surface area contributed by atoms with Gasteiger partial charge in [-0.25, -0.2) is 0 Å². The number of aromatic amines is 1. The number of nitrogens with one attached hydrogen (secondary N) is 1. The molecule has 0 saturated carbocycles. The zero-order valence-corrected chi connectivity index (χ0v) is 8.30. The van der Waals surface area contributed by atoms with E-state index in [2.05, 4.69) is 26.1 Å². The van der Waals surface area contributed by atoms with E-state index in [1.54, 1.807) is 0 Å². The highest BCUT2D eigenvalue weighted by molar-refractivity contribution is 9.10. The van der Waals surface area contributed by atoms with Gasteiger partial charge in [-0.05, 0) is 28.8 Å². The maximum Gasteiger partial charge on any atom is 0.0632 e. The van der Waals surface area contributed by atoms with Crippen LogP contribution in [0.1, 0.15) is 24.5 Å². The fraction of sp³-hybridized carbons (Fsp3) is 0.625. The number of ether oxygens (including phenoxy) is 1. The van der Waals surface area contributed by atoms with Gasteiger partial charge in [-0.3, -0.25) is 5.10 Å². The molecule has 2 heterocycles. The van der Waals surface area contributed by atoms with Crippen molar-refractivity contribution in [3.63, 3.8) is 0 Å². The summed E-state index contributed by atoms with van der Waals surface area (Å²) in [7, 11) is 0. The molecule has 1 aliphatic rings. The summed E-state index contributed by atoms with van der Waals surface area (Å²) in [5, 5.41) is 7.01. The van der Waals surface area contributed by atoms with Crippen LogP contribution in [0.4, 0.5) is 0 Å². The van der Waals surface area contributed by atoms with Gasteiger partial charge in [0.05, 0.1) is 16.4 Å². The summed E-state index contributed by atoms with van der Waals surface area (Å²) in [4.78, 5) is 0. The predicted octanol–water partition coefficient (Wildman–Crippen LogP) is 2.07. The smallest absolute Gasteiger partial charge is 0.0632 e. The third kappa shape index (κ3) is 1.54. The SMILES string of the molecule is Brc1cn[nH]c1C1CCOCC1. The quantitative estimate of drug-likeness (QED) is 0.803. The highest BCUT2D eigenvalue weighted by Gasteiger charge is 2.19. The predicted molar refractivity (Wildman–Crippen MR) is 49.1 cm³/mol. The molecule has 0 aromatic carbocycles. The molecule has 3 nitrogen and oxygen atoms in total. The molecule has 0 aliphatic carbocycles. The van der Waals surface area contributed by atoms with E-state index in [-0.39, 0.29) is 0 Å². The molecule has 0 amide bonds. The standard InChI is InChI=1S/C8H11BrN2O/c9-7-5-10-11-8(7)6-1-3-12-4-2-6/h5-6H,1-4H2,(H,10,11). The third-order valence-electron chi connectivity index (χ3n) is 2.25. The third-order valence-corrected chi connectivity index (χ3v) is 2.88. The summed E-state index contributed by atoms with van der Waals surface area (Å²) >= 11 is 3.47. The zero-order valence-electron chi connectivity index (χ0n) is 6.72. The summed E-state index contributed by atoms with van der Waals surface area (Å²) in [6.45, 7) is 1.74. The largest absolute Gasteiger partial charge is 0.381 e. The van der Waals surface area contributed by atoms with Crippen LogP contribution in [0.5, 0.6) is 0 Å². The lowest BCUT2D eigenvalue weighted by Gasteiger charge is -2.20. The molecule has 0 radical (unpaired) electrons. The monoisotopic (exact) mass is 230 g/mol. The minimum atomic E-state index is 0.593. The fourth-order valence-corrected chi connectivity index (χ4v) is 2.07. The van der Waals surface area contributed by atoms with E-state index >= 15 is 0 Å². The van der Waals surface area contributed by atoms with Crippen LogP contribution in [0.15, 0.2) is 10.7 Å². The molecule has 4 heteroatoms. The molecule has 0 unspecified atom stereocenters. The first kappa shape index (κ1) is 8.26. The van der Waals surface area contributed by atoms with Gasteiger partial charge in [-0.15, -0.1) is 0 Å². The lowest BCUT2D eigenvalue weighted by atomic mass is 9.97. The molecular formula is C8H11BrN2O. The van der Waals surface area contributed by atoms with Crippen LogP contribution in [-0.2, 0) is 4.74 Å². The van der Waals surface area contributed by atoms with E-state index in [9.17, 15) is 0 Å². The van der Waals surface area contributed by atoms with Crippen molar-refractivity contribution in [2.75, 3.05) is 13.2 Å². The number of nitrogens with zero attached hydrogens (tertiary/aromatic N) is 1. The Bertz CT molecular complexity index is 255. The topological polar surface area (TPSA) is 37.9 Å². The Kier molecular flexibility index (Phi) is 2.46. The molecular weight excluding hydrogens is 220 g/mol. The van der Waals surface area contributed by atoms with Crippen molar-refractivity contribution in [1.29, 1.82) is 0 Å². The number of aromatic nitrogens is 2. The summed E-state index contributed by atoms with van der Waals surface area (Å²) in [6.07, 6.45) is 4.01. The lowest BCUT2D eigenvalue weighted by molar-refractivity contribution is 0.0843. The maximum atomic E-state index is 5.29. The summed E-state index contributed by atoms with van der Waals surface area (Å²) in [5.74, 6) is 0.593. The van der Waals surface area contributed by atoms with Crippen LogP contribution >= 0.6 is 15.9 Å². The molecule has 1 aromatic rings. The van der Waals surface area contributed by atoms with Crippen LogP contribution in [-0.4, -0.2) is 23.4 Å². The van der Waals surface area contributed by atoms with Gasteiger partial charge in [-0.2, -0.15) is 5.10 Å². The Morgan fingerprint density at radius 1 is 1.50 bits per heavy atom. The summed E-state index contributed by atoms with van der Waals surface area (Å²) < 4.78 is 6.38. The van der Waals surface area contributed by atoms with Crippen LogP contribution in [0.25, 0.3) is 0 Å². The molecule has 1 N–H and O–H groups in total. The van der Waals surface area contributed by atoms with E-state index in [1.165, 1.54) is 5.69 Å². The van der Waals surface area contributed by atoms with E-state index in [4.69, 9.17) is 4.74 Å². The van der Waals surface area contributed by atoms with Gasteiger partial charge in [-0.1, -0.05) is 0 Å². The van der Waals surface area contributed by atoms with E-state index in [0.29, 0.717) is 5.92 Å². The highest BCUT2D eigenvalue weighted by Crippen LogP contribution is 2.29. The summed E-state index contributed by atoms with van der Waals surface area (Å²) in [5.41, 5.74) is 1.22. The first-order chi connectivity index (χ1) is 5.88. The van der Waals surface area contributed by atoms with E-state index in [1.807, 2.05) is 6.20 Å². The number of hydrogen-bond donors (Lipinski definition) is 1. The van der Waals surface area contributed by atoms with Crippen LogP contribution in [0, 0.1) is 0 Å². The molecule has 0 atom stereocenters. The first-order valence-electron chi connectivity index (χ1n) is 4.14. The van der Waals surface area contributed by atoms with Gasteiger partial charge >= 0.3 is 0 Å². The molecule has 1 fully saturated rings. The van der Waals surface area contributed by atoms with Crippen molar-refractivity contribution in [1.82, 2.24) is 10.2 Å². The van der Waals surface area contributed by atoms with E-state index < -0.39 is 0 Å². The van der Waals surface area contributed by atoms with Crippen LogP contribution in [0.2, 0.25) is 0 Å². The van der Waals surface area contributed by atoms with Crippen molar-refractivity contribution in [3.05, 3.63) is 16.4 Å². The summed E-state index contributed by atoms with van der Waals surface area (Å²) in [6, 6.07) is 0. The van der Waals surface area contributed by atoms with E-state index in [0.717, 1.165) is 30.5 Å². The second-order valence-electron chi connectivity index (χ2n) is 3.02. The molecule has 1 saturated heterocycles. The first-order valence-corrected chi connectivity index (χ1v) is 4.93. The maximum absolute atomic E-state index is 5.29. The van der Waals surface area contributed by atoms with Gasteiger partial charge in [0, 0.05) is 19.1 Å². The number of H-pyrrole nitrogens is 1. The molecule has 2 rings (SSSR count). The Morgan fingerprint density at radius 2 is 2.25 bits per heavy atom. The number of hydrogen-bond acceptors (Lipinski definition) is 2. The normalized spacial score (nSPS) is 19.8. The van der Waals surface area contributed by atoms with Gasteiger partial charge in [0.1, 0.15) is 0 Å².